The molecular formula is C16H22N4O2. The average molecular weight is 302 g/mol. The molecule has 118 valence electrons. The van der Waals surface area contributed by atoms with Crippen molar-refractivity contribution >= 4 is 5.65 Å². The Hall–Kier alpha value is -1.50. The molecule has 4 rings (SSSR count). The second-order valence-corrected chi connectivity index (χ2v) is 6.49. The number of likely N-dealkylation sites (tertiary alicyclic amines) is 1. The number of hydrogen-bond acceptors (Lipinski definition) is 5. The molecule has 1 aliphatic carbocycles. The molecular weight excluding hydrogens is 280 g/mol. The molecule has 0 radical (unpaired) electrons. The van der Waals surface area contributed by atoms with E-state index in [1.807, 2.05) is 30.1 Å². The van der Waals surface area contributed by atoms with Crippen molar-refractivity contribution in [3.63, 3.8) is 0 Å². The number of fused-ring (bicyclic) bond motifs is 2. The van der Waals surface area contributed by atoms with Crippen LogP contribution in [0.25, 0.3) is 5.65 Å². The summed E-state index contributed by atoms with van der Waals surface area (Å²) in [6, 6.07) is 2.16. The van der Waals surface area contributed by atoms with Gasteiger partial charge in [-0.1, -0.05) is 0 Å². The minimum Gasteiger partial charge on any atom is -0.393 e. The van der Waals surface area contributed by atoms with Crippen molar-refractivity contribution in [2.75, 3.05) is 13.7 Å². The second kappa shape index (κ2) is 5.30. The molecule has 6 heteroatoms. The molecule has 0 amide bonds. The smallest absolute Gasteiger partial charge is 0.159 e. The van der Waals surface area contributed by atoms with E-state index in [1.54, 1.807) is 6.20 Å². The molecule has 3 heterocycles. The van der Waals surface area contributed by atoms with Crippen molar-refractivity contribution in [2.45, 2.75) is 50.0 Å². The van der Waals surface area contributed by atoms with Crippen LogP contribution in [-0.2, 0) is 11.3 Å². The molecule has 22 heavy (non-hydrogen) atoms. The van der Waals surface area contributed by atoms with Gasteiger partial charge in [0.05, 0.1) is 17.9 Å². The van der Waals surface area contributed by atoms with E-state index < -0.39 is 0 Å². The molecule has 1 saturated heterocycles. The minimum absolute atomic E-state index is 0.0877. The Balaban J connectivity index is 1.60. The Morgan fingerprint density at radius 1 is 1.45 bits per heavy atom. The summed E-state index contributed by atoms with van der Waals surface area (Å²) in [6.07, 6.45) is 9.02. The minimum atomic E-state index is -0.212. The quantitative estimate of drug-likeness (QED) is 0.924. The third-order valence-corrected chi connectivity index (χ3v) is 5.40. The highest BCUT2D eigenvalue weighted by Gasteiger charge is 2.50. The van der Waals surface area contributed by atoms with Gasteiger partial charge in [0.2, 0.25) is 0 Å². The SMILES string of the molecule is CO[C@@]12CC[C@@H](O)C[C@@H]1N(Cc1cnn3cccnc13)CC2. The van der Waals surface area contributed by atoms with Gasteiger partial charge < -0.3 is 9.84 Å². The summed E-state index contributed by atoms with van der Waals surface area (Å²) in [5, 5.41) is 14.4. The summed E-state index contributed by atoms with van der Waals surface area (Å²) >= 11 is 0. The van der Waals surface area contributed by atoms with Gasteiger partial charge >= 0.3 is 0 Å². The van der Waals surface area contributed by atoms with Crippen LogP contribution in [-0.4, -0.2) is 56.0 Å². The highest BCUT2D eigenvalue weighted by molar-refractivity contribution is 5.45. The molecule has 0 bridgehead atoms. The summed E-state index contributed by atoms with van der Waals surface area (Å²) in [4.78, 5) is 6.86. The maximum atomic E-state index is 10.1. The fourth-order valence-electron chi connectivity index (χ4n) is 4.17. The first-order chi connectivity index (χ1) is 10.7. The normalized spacial score (nSPS) is 32.5. The van der Waals surface area contributed by atoms with E-state index >= 15 is 0 Å². The first-order valence-electron chi connectivity index (χ1n) is 7.96. The van der Waals surface area contributed by atoms with Crippen LogP contribution in [0.4, 0.5) is 0 Å². The largest absolute Gasteiger partial charge is 0.393 e. The number of nitrogens with zero attached hydrogens (tertiary/aromatic N) is 4. The Morgan fingerprint density at radius 3 is 3.23 bits per heavy atom. The molecule has 0 aromatic carbocycles. The number of aliphatic hydroxyl groups is 1. The van der Waals surface area contributed by atoms with Crippen LogP contribution in [0.1, 0.15) is 31.2 Å². The van der Waals surface area contributed by atoms with Crippen LogP contribution in [0.5, 0.6) is 0 Å². The number of hydrogen-bond donors (Lipinski definition) is 1. The molecule has 6 nitrogen and oxygen atoms in total. The van der Waals surface area contributed by atoms with Gasteiger partial charge in [-0.25, -0.2) is 9.50 Å². The standard InChI is InChI=1S/C16H22N4O2/c1-22-16-4-3-13(21)9-14(16)19(8-5-16)11-12-10-18-20-7-2-6-17-15(12)20/h2,6-7,10,13-14,21H,3-5,8-9,11H2,1H3/t13-,14+,16-/m1/s1. The number of aliphatic hydroxyl groups excluding tert-OH is 1. The lowest BCUT2D eigenvalue weighted by molar-refractivity contribution is -0.0879. The summed E-state index contributed by atoms with van der Waals surface area (Å²) in [5.74, 6) is 0. The van der Waals surface area contributed by atoms with Gasteiger partial charge in [0.1, 0.15) is 0 Å². The lowest BCUT2D eigenvalue weighted by Gasteiger charge is -2.42. The van der Waals surface area contributed by atoms with Crippen molar-refractivity contribution in [1.29, 1.82) is 0 Å². The van der Waals surface area contributed by atoms with Crippen LogP contribution < -0.4 is 0 Å². The number of aromatic nitrogens is 3. The lowest BCUT2D eigenvalue weighted by atomic mass is 9.79. The molecule has 2 aliphatic rings. The van der Waals surface area contributed by atoms with Crippen LogP contribution in [0.15, 0.2) is 24.7 Å². The van der Waals surface area contributed by atoms with Crippen molar-refractivity contribution in [2.24, 2.45) is 0 Å². The number of methoxy groups -OCH3 is 1. The maximum Gasteiger partial charge on any atom is 0.159 e. The van der Waals surface area contributed by atoms with Gasteiger partial charge in [-0.05, 0) is 31.7 Å². The van der Waals surface area contributed by atoms with Gasteiger partial charge in [-0.2, -0.15) is 5.10 Å². The monoisotopic (exact) mass is 302 g/mol. The zero-order valence-electron chi connectivity index (χ0n) is 12.9. The predicted octanol–water partition coefficient (Wildman–Crippen LogP) is 1.23. The van der Waals surface area contributed by atoms with Crippen molar-refractivity contribution in [1.82, 2.24) is 19.5 Å². The van der Waals surface area contributed by atoms with Crippen LogP contribution in [0, 0.1) is 0 Å². The molecule has 1 N–H and O–H groups in total. The molecule has 0 spiro atoms. The molecule has 2 aromatic rings. The second-order valence-electron chi connectivity index (χ2n) is 6.49. The van der Waals surface area contributed by atoms with Gasteiger partial charge in [0.25, 0.3) is 0 Å². The van der Waals surface area contributed by atoms with Crippen LogP contribution >= 0.6 is 0 Å². The predicted molar refractivity (Wildman–Crippen MR) is 81.4 cm³/mol. The zero-order valence-corrected chi connectivity index (χ0v) is 12.9. The summed E-state index contributed by atoms with van der Waals surface area (Å²) < 4.78 is 7.71. The topological polar surface area (TPSA) is 62.9 Å². The van der Waals surface area contributed by atoms with E-state index in [0.717, 1.165) is 50.0 Å². The van der Waals surface area contributed by atoms with Gasteiger partial charge in [0.15, 0.2) is 5.65 Å². The van der Waals surface area contributed by atoms with Crippen LogP contribution in [0.3, 0.4) is 0 Å². The van der Waals surface area contributed by atoms with Crippen molar-refractivity contribution in [3.05, 3.63) is 30.2 Å². The van der Waals surface area contributed by atoms with E-state index in [0.29, 0.717) is 0 Å². The lowest BCUT2D eigenvalue weighted by Crippen LogP contribution is -2.51. The van der Waals surface area contributed by atoms with Gasteiger partial charge in [-0.3, -0.25) is 4.90 Å². The van der Waals surface area contributed by atoms with E-state index in [-0.39, 0.29) is 17.7 Å². The van der Waals surface area contributed by atoms with Crippen molar-refractivity contribution < 1.29 is 9.84 Å². The highest BCUT2D eigenvalue weighted by Crippen LogP contribution is 2.43. The van der Waals surface area contributed by atoms with Crippen molar-refractivity contribution in [3.8, 4) is 0 Å². The van der Waals surface area contributed by atoms with E-state index in [2.05, 4.69) is 15.0 Å². The average Bonchev–Trinajstić information content (AvgIpc) is 3.11. The molecule has 1 saturated carbocycles. The Bertz CT molecular complexity index is 673. The third kappa shape index (κ3) is 2.14. The van der Waals surface area contributed by atoms with E-state index in [1.165, 1.54) is 0 Å². The fraction of sp³-hybridized carbons (Fsp3) is 0.625. The first kappa shape index (κ1) is 14.1. The number of rotatable bonds is 3. The van der Waals surface area contributed by atoms with E-state index in [9.17, 15) is 5.11 Å². The van der Waals surface area contributed by atoms with Crippen LogP contribution in [0.2, 0.25) is 0 Å². The number of ether oxygens (including phenoxy) is 1. The van der Waals surface area contributed by atoms with E-state index in [4.69, 9.17) is 4.74 Å². The van der Waals surface area contributed by atoms with Gasteiger partial charge in [0, 0.05) is 44.2 Å². The molecule has 2 aromatic heterocycles. The Morgan fingerprint density at radius 2 is 2.36 bits per heavy atom. The Labute approximate surface area is 129 Å². The third-order valence-electron chi connectivity index (χ3n) is 5.40. The maximum absolute atomic E-state index is 10.1. The Kier molecular flexibility index (Phi) is 3.40. The molecule has 1 aliphatic heterocycles. The highest BCUT2D eigenvalue weighted by atomic mass is 16.5. The fourth-order valence-corrected chi connectivity index (χ4v) is 4.17. The first-order valence-corrected chi connectivity index (χ1v) is 7.96. The zero-order chi connectivity index (χ0) is 15.2. The summed E-state index contributed by atoms with van der Waals surface area (Å²) in [5.41, 5.74) is 1.96. The summed E-state index contributed by atoms with van der Waals surface area (Å²) in [6.45, 7) is 1.80. The molecule has 2 fully saturated rings. The van der Waals surface area contributed by atoms with Gasteiger partial charge in [-0.15, -0.1) is 0 Å². The molecule has 0 unspecified atom stereocenters. The molecule has 3 atom stereocenters. The summed E-state index contributed by atoms with van der Waals surface area (Å²) in [7, 11) is 1.81.